The fraction of sp³-hybridized carbons (Fsp3) is 0.552. The van der Waals surface area contributed by atoms with Crippen molar-refractivity contribution < 1.29 is 23.8 Å². The molecule has 2 unspecified atom stereocenters. The van der Waals surface area contributed by atoms with Crippen LogP contribution in [0.3, 0.4) is 0 Å². The summed E-state index contributed by atoms with van der Waals surface area (Å²) < 4.78 is 17.6. The number of hydrogen-bond donors (Lipinski definition) is 1. The Labute approximate surface area is 217 Å². The molecule has 1 amide bonds. The van der Waals surface area contributed by atoms with Crippen LogP contribution in [0.2, 0.25) is 18.1 Å². The van der Waals surface area contributed by atoms with Crippen LogP contribution in [0.15, 0.2) is 54.6 Å². The van der Waals surface area contributed by atoms with Crippen molar-refractivity contribution in [2.45, 2.75) is 82.8 Å². The SMILES string of the molecule is COc1ccccc1C1(O)CCN(C(=O)OCc2ccccc2)C(CCCO[Si](C)(C)C(C)(C)C)C1. The van der Waals surface area contributed by atoms with Crippen LogP contribution in [0.5, 0.6) is 5.75 Å². The number of nitrogens with zero attached hydrogens (tertiary/aromatic N) is 1. The van der Waals surface area contributed by atoms with Crippen LogP contribution in [-0.4, -0.2) is 50.7 Å². The smallest absolute Gasteiger partial charge is 0.410 e. The lowest BCUT2D eigenvalue weighted by atomic mass is 9.79. The van der Waals surface area contributed by atoms with Gasteiger partial charge in [-0.25, -0.2) is 4.79 Å². The van der Waals surface area contributed by atoms with E-state index in [0.29, 0.717) is 31.7 Å². The van der Waals surface area contributed by atoms with Crippen molar-refractivity contribution in [3.8, 4) is 5.75 Å². The molecule has 3 rings (SSSR count). The van der Waals surface area contributed by atoms with Gasteiger partial charge in [-0.05, 0) is 49.0 Å². The minimum absolute atomic E-state index is 0.148. The van der Waals surface area contributed by atoms with E-state index in [1.165, 1.54) is 0 Å². The molecule has 7 heteroatoms. The van der Waals surface area contributed by atoms with Crippen LogP contribution in [0, 0.1) is 0 Å². The zero-order valence-corrected chi connectivity index (χ0v) is 23.8. The fourth-order valence-corrected chi connectivity index (χ4v) is 5.61. The van der Waals surface area contributed by atoms with Crippen LogP contribution in [0.1, 0.15) is 57.6 Å². The van der Waals surface area contributed by atoms with E-state index in [4.69, 9.17) is 13.9 Å². The first-order valence-electron chi connectivity index (χ1n) is 12.9. The molecule has 0 aliphatic carbocycles. The highest BCUT2D eigenvalue weighted by atomic mass is 28.4. The van der Waals surface area contributed by atoms with Crippen molar-refractivity contribution in [3.63, 3.8) is 0 Å². The first-order valence-corrected chi connectivity index (χ1v) is 15.8. The Morgan fingerprint density at radius 1 is 1.11 bits per heavy atom. The summed E-state index contributed by atoms with van der Waals surface area (Å²) in [4.78, 5) is 14.9. The second-order valence-corrected chi connectivity index (χ2v) is 16.1. The molecule has 198 valence electrons. The lowest BCUT2D eigenvalue weighted by Crippen LogP contribution is -2.51. The van der Waals surface area contributed by atoms with Gasteiger partial charge >= 0.3 is 6.09 Å². The van der Waals surface area contributed by atoms with Crippen molar-refractivity contribution in [2.75, 3.05) is 20.3 Å². The number of amides is 1. The summed E-state index contributed by atoms with van der Waals surface area (Å²) in [7, 11) is -0.226. The number of hydrogen-bond acceptors (Lipinski definition) is 5. The molecule has 1 N–H and O–H groups in total. The summed E-state index contributed by atoms with van der Waals surface area (Å²) in [6.45, 7) is 12.5. The summed E-state index contributed by atoms with van der Waals surface area (Å²) in [6, 6.07) is 17.1. The number of aliphatic hydroxyl groups is 1. The average molecular weight is 514 g/mol. The van der Waals surface area contributed by atoms with Gasteiger partial charge in [-0.3, -0.25) is 0 Å². The number of methoxy groups -OCH3 is 1. The van der Waals surface area contributed by atoms with Gasteiger partial charge in [-0.1, -0.05) is 69.3 Å². The maximum absolute atomic E-state index is 13.1. The molecule has 0 spiro atoms. The Hall–Kier alpha value is -2.35. The molecular formula is C29H43NO5Si. The first kappa shape index (κ1) is 28.2. The molecule has 2 aromatic carbocycles. The third-order valence-electron chi connectivity index (χ3n) is 7.78. The first-order chi connectivity index (χ1) is 17.0. The van der Waals surface area contributed by atoms with Crippen molar-refractivity contribution in [1.82, 2.24) is 4.90 Å². The van der Waals surface area contributed by atoms with E-state index in [0.717, 1.165) is 24.0 Å². The molecule has 0 bridgehead atoms. The van der Waals surface area contributed by atoms with E-state index in [1.807, 2.05) is 54.6 Å². The number of carbonyl (C=O) groups excluding carboxylic acids is 1. The number of likely N-dealkylation sites (tertiary alicyclic amines) is 1. The standard InChI is InChI=1S/C29H43NO5Si/c1-28(2,3)36(5,6)35-20-12-15-24-21-29(32,25-16-10-11-17-26(25)33-4)18-19-30(24)27(31)34-22-23-13-8-7-9-14-23/h7-11,13-14,16-17,24,32H,12,15,18-22H2,1-6H3. The zero-order valence-electron chi connectivity index (χ0n) is 22.8. The van der Waals surface area contributed by atoms with E-state index in [2.05, 4.69) is 33.9 Å². The normalized spacial score (nSPS) is 20.8. The molecule has 1 fully saturated rings. The van der Waals surface area contributed by atoms with Gasteiger partial charge in [0, 0.05) is 31.2 Å². The Bertz CT molecular complexity index is 991. The monoisotopic (exact) mass is 513 g/mol. The van der Waals surface area contributed by atoms with Crippen LogP contribution < -0.4 is 4.74 Å². The molecule has 0 saturated carbocycles. The molecule has 1 heterocycles. The van der Waals surface area contributed by atoms with Crippen molar-refractivity contribution in [3.05, 3.63) is 65.7 Å². The van der Waals surface area contributed by atoms with E-state index < -0.39 is 13.9 Å². The van der Waals surface area contributed by atoms with Gasteiger partial charge in [0.25, 0.3) is 0 Å². The van der Waals surface area contributed by atoms with Crippen LogP contribution in [0.4, 0.5) is 4.79 Å². The van der Waals surface area contributed by atoms with Crippen molar-refractivity contribution >= 4 is 14.4 Å². The molecule has 6 nitrogen and oxygen atoms in total. The molecule has 2 aromatic rings. The number of carbonyl (C=O) groups is 1. The van der Waals surface area contributed by atoms with Crippen LogP contribution in [0.25, 0.3) is 0 Å². The maximum Gasteiger partial charge on any atom is 0.410 e. The second kappa shape index (κ2) is 11.8. The van der Waals surface area contributed by atoms with Gasteiger partial charge in [-0.2, -0.15) is 0 Å². The van der Waals surface area contributed by atoms with E-state index >= 15 is 0 Å². The fourth-order valence-electron chi connectivity index (χ4n) is 4.53. The van der Waals surface area contributed by atoms with Gasteiger partial charge in [0.15, 0.2) is 8.32 Å². The van der Waals surface area contributed by atoms with E-state index in [9.17, 15) is 9.90 Å². The summed E-state index contributed by atoms with van der Waals surface area (Å²) in [5.41, 5.74) is 0.647. The van der Waals surface area contributed by atoms with Gasteiger partial charge in [0.1, 0.15) is 12.4 Å². The number of piperidine rings is 1. The Balaban J connectivity index is 1.72. The minimum Gasteiger partial charge on any atom is -0.496 e. The highest BCUT2D eigenvalue weighted by Crippen LogP contribution is 2.42. The molecule has 1 aliphatic rings. The third kappa shape index (κ3) is 6.90. The highest BCUT2D eigenvalue weighted by molar-refractivity contribution is 6.74. The predicted octanol–water partition coefficient (Wildman–Crippen LogP) is 6.49. The van der Waals surface area contributed by atoms with Crippen LogP contribution >= 0.6 is 0 Å². The van der Waals surface area contributed by atoms with Crippen molar-refractivity contribution in [2.24, 2.45) is 0 Å². The summed E-state index contributed by atoms with van der Waals surface area (Å²) in [5, 5.41) is 11.9. The summed E-state index contributed by atoms with van der Waals surface area (Å²) in [6.07, 6.45) is 2.04. The Morgan fingerprint density at radius 3 is 2.44 bits per heavy atom. The number of benzene rings is 2. The van der Waals surface area contributed by atoms with E-state index in [-0.39, 0.29) is 23.8 Å². The van der Waals surface area contributed by atoms with Crippen LogP contribution in [-0.2, 0) is 21.4 Å². The largest absolute Gasteiger partial charge is 0.496 e. The molecule has 1 aliphatic heterocycles. The lowest BCUT2D eigenvalue weighted by Gasteiger charge is -2.44. The Morgan fingerprint density at radius 2 is 1.78 bits per heavy atom. The van der Waals surface area contributed by atoms with E-state index in [1.54, 1.807) is 12.0 Å². The lowest BCUT2D eigenvalue weighted by molar-refractivity contribution is -0.0529. The Kier molecular flexibility index (Phi) is 9.25. The number of ether oxygens (including phenoxy) is 2. The summed E-state index contributed by atoms with van der Waals surface area (Å²) >= 11 is 0. The quantitative estimate of drug-likeness (QED) is 0.307. The van der Waals surface area contributed by atoms with Gasteiger partial charge in [-0.15, -0.1) is 0 Å². The predicted molar refractivity (Wildman–Crippen MR) is 146 cm³/mol. The molecule has 0 aromatic heterocycles. The van der Waals surface area contributed by atoms with Crippen molar-refractivity contribution in [1.29, 1.82) is 0 Å². The van der Waals surface area contributed by atoms with Gasteiger partial charge < -0.3 is 23.9 Å². The zero-order chi connectivity index (χ0) is 26.4. The minimum atomic E-state index is -1.85. The molecule has 1 saturated heterocycles. The molecular weight excluding hydrogens is 470 g/mol. The second-order valence-electron chi connectivity index (χ2n) is 11.3. The third-order valence-corrected chi connectivity index (χ3v) is 12.3. The van der Waals surface area contributed by atoms with Gasteiger partial charge in [0.05, 0.1) is 12.7 Å². The number of rotatable bonds is 9. The summed E-state index contributed by atoms with van der Waals surface area (Å²) in [5.74, 6) is 0.667. The average Bonchev–Trinajstić information content (AvgIpc) is 2.85. The maximum atomic E-state index is 13.1. The highest BCUT2D eigenvalue weighted by Gasteiger charge is 2.43. The molecule has 0 radical (unpaired) electrons. The topological polar surface area (TPSA) is 68.2 Å². The molecule has 2 atom stereocenters. The van der Waals surface area contributed by atoms with Gasteiger partial charge in [0.2, 0.25) is 0 Å². The molecule has 36 heavy (non-hydrogen) atoms. The number of para-hydroxylation sites is 1.